The molecule has 4 aromatic rings. The highest BCUT2D eigenvalue weighted by Crippen LogP contribution is 2.36. The molecule has 5 rings (SSSR count). The van der Waals surface area contributed by atoms with Crippen molar-refractivity contribution >= 4 is 11.6 Å². The Morgan fingerprint density at radius 1 is 0.806 bits per heavy atom. The zero-order valence-electron chi connectivity index (χ0n) is 17.2. The summed E-state index contributed by atoms with van der Waals surface area (Å²) >= 11 is 0. The fraction of sp³-hybridized carbons (Fsp3) is 0.125. The smallest absolute Gasteiger partial charge is 0.248 e. The molecule has 7 heteroatoms. The maximum Gasteiger partial charge on any atom is 0.248 e. The number of hydrogen-bond donors (Lipinski definition) is 1. The van der Waals surface area contributed by atoms with Crippen molar-refractivity contribution in [3.05, 3.63) is 90.0 Å². The van der Waals surface area contributed by atoms with E-state index in [0.29, 0.717) is 17.4 Å². The van der Waals surface area contributed by atoms with Crippen LogP contribution in [0.2, 0.25) is 0 Å². The lowest BCUT2D eigenvalue weighted by atomic mass is 9.99. The minimum absolute atomic E-state index is 0.185. The Labute approximate surface area is 179 Å². The van der Waals surface area contributed by atoms with E-state index in [1.165, 1.54) is 11.1 Å². The number of benzene rings is 3. The van der Waals surface area contributed by atoms with Crippen molar-refractivity contribution in [2.45, 2.75) is 6.04 Å². The predicted molar refractivity (Wildman–Crippen MR) is 119 cm³/mol. The molecule has 0 bridgehead atoms. The van der Waals surface area contributed by atoms with E-state index in [4.69, 9.17) is 9.47 Å². The number of anilines is 1. The Morgan fingerprint density at radius 3 is 2.26 bits per heavy atom. The van der Waals surface area contributed by atoms with Gasteiger partial charge in [-0.1, -0.05) is 65.8 Å². The van der Waals surface area contributed by atoms with Crippen LogP contribution in [0.3, 0.4) is 0 Å². The molecule has 31 heavy (non-hydrogen) atoms. The van der Waals surface area contributed by atoms with Gasteiger partial charge in [0.15, 0.2) is 11.5 Å². The number of nitrogens with one attached hydrogen (secondary N) is 1. The standard InChI is InChI=1S/C24H21N5O2/c1-30-22-13-12-19(14-23(22)31-2)21-15-20(25-24-26-27-28-29(21)24)18-10-8-17(9-11-18)16-6-4-3-5-7-16/h3-15,21H,1-2H3,(H,25,26,28)/t21-/m1/s1. The van der Waals surface area contributed by atoms with E-state index in [2.05, 4.69) is 63.3 Å². The van der Waals surface area contributed by atoms with Crippen molar-refractivity contribution in [2.24, 2.45) is 0 Å². The SMILES string of the molecule is COc1ccc([C@H]2C=C(c3ccc(-c4ccccc4)cc3)Nc3nnnn32)cc1OC. The van der Waals surface area contributed by atoms with Crippen LogP contribution in [0.25, 0.3) is 16.8 Å². The largest absolute Gasteiger partial charge is 0.493 e. The average Bonchev–Trinajstić information content (AvgIpc) is 3.32. The van der Waals surface area contributed by atoms with Gasteiger partial charge in [-0.15, -0.1) is 0 Å². The lowest BCUT2D eigenvalue weighted by Crippen LogP contribution is -2.20. The first-order chi connectivity index (χ1) is 15.3. The molecule has 7 nitrogen and oxygen atoms in total. The van der Waals surface area contributed by atoms with Gasteiger partial charge in [-0.05, 0) is 50.9 Å². The van der Waals surface area contributed by atoms with Crippen molar-refractivity contribution in [2.75, 3.05) is 19.5 Å². The molecule has 2 heterocycles. The zero-order chi connectivity index (χ0) is 21.2. The van der Waals surface area contributed by atoms with Crippen LogP contribution >= 0.6 is 0 Å². The number of aromatic nitrogens is 4. The van der Waals surface area contributed by atoms with Crippen LogP contribution in [0.1, 0.15) is 17.2 Å². The number of tetrazole rings is 1. The monoisotopic (exact) mass is 411 g/mol. The maximum atomic E-state index is 5.48. The van der Waals surface area contributed by atoms with E-state index in [1.807, 2.05) is 36.4 Å². The fourth-order valence-corrected chi connectivity index (χ4v) is 3.77. The van der Waals surface area contributed by atoms with E-state index < -0.39 is 0 Å². The summed E-state index contributed by atoms with van der Waals surface area (Å²) in [5, 5.41) is 15.5. The normalized spacial score (nSPS) is 14.9. The van der Waals surface area contributed by atoms with E-state index in [-0.39, 0.29) is 6.04 Å². The third-order valence-electron chi connectivity index (χ3n) is 5.38. The molecular weight excluding hydrogens is 390 g/mol. The van der Waals surface area contributed by atoms with Gasteiger partial charge in [-0.25, -0.2) is 0 Å². The number of nitrogens with zero attached hydrogens (tertiary/aromatic N) is 4. The van der Waals surface area contributed by atoms with E-state index in [1.54, 1.807) is 18.9 Å². The highest BCUT2D eigenvalue weighted by atomic mass is 16.5. The Bertz CT molecular complexity index is 1230. The Kier molecular flexibility index (Phi) is 4.84. The van der Waals surface area contributed by atoms with Gasteiger partial charge in [0, 0.05) is 5.70 Å². The first-order valence-electron chi connectivity index (χ1n) is 9.91. The van der Waals surface area contributed by atoms with Crippen molar-refractivity contribution in [3.8, 4) is 22.6 Å². The first kappa shape index (κ1) is 18.9. The van der Waals surface area contributed by atoms with Gasteiger partial charge in [0.05, 0.1) is 14.2 Å². The third kappa shape index (κ3) is 3.50. The van der Waals surface area contributed by atoms with Gasteiger partial charge in [0.2, 0.25) is 5.95 Å². The molecule has 154 valence electrons. The Hall–Kier alpha value is -4.13. The maximum absolute atomic E-state index is 5.48. The second kappa shape index (κ2) is 7.95. The van der Waals surface area contributed by atoms with Crippen LogP contribution in [-0.4, -0.2) is 34.4 Å². The number of allylic oxidation sites excluding steroid dienone is 1. The predicted octanol–water partition coefficient (Wildman–Crippen LogP) is 4.41. The van der Waals surface area contributed by atoms with Gasteiger partial charge in [0.25, 0.3) is 0 Å². The Morgan fingerprint density at radius 2 is 1.52 bits per heavy atom. The molecule has 0 spiro atoms. The molecule has 1 N–H and O–H groups in total. The molecule has 0 fully saturated rings. The zero-order valence-corrected chi connectivity index (χ0v) is 17.2. The summed E-state index contributed by atoms with van der Waals surface area (Å²) in [7, 11) is 3.25. The second-order valence-electron chi connectivity index (χ2n) is 7.16. The molecule has 1 aliphatic rings. The summed E-state index contributed by atoms with van der Waals surface area (Å²) in [5.74, 6) is 1.93. The van der Waals surface area contributed by atoms with Crippen molar-refractivity contribution in [3.63, 3.8) is 0 Å². The van der Waals surface area contributed by atoms with Gasteiger partial charge in [-0.2, -0.15) is 4.68 Å². The molecule has 1 atom stereocenters. The fourth-order valence-electron chi connectivity index (χ4n) is 3.77. The number of hydrogen-bond acceptors (Lipinski definition) is 6. The highest BCUT2D eigenvalue weighted by Gasteiger charge is 2.25. The van der Waals surface area contributed by atoms with Crippen LogP contribution < -0.4 is 14.8 Å². The van der Waals surface area contributed by atoms with Crippen LogP contribution in [0.15, 0.2) is 78.9 Å². The molecule has 0 amide bonds. The van der Waals surface area contributed by atoms with Gasteiger partial charge in [-0.3, -0.25) is 0 Å². The minimum Gasteiger partial charge on any atom is -0.493 e. The first-order valence-corrected chi connectivity index (χ1v) is 9.91. The summed E-state index contributed by atoms with van der Waals surface area (Å²) in [6.07, 6.45) is 2.11. The quantitative estimate of drug-likeness (QED) is 0.524. The van der Waals surface area contributed by atoms with E-state index in [0.717, 1.165) is 16.8 Å². The van der Waals surface area contributed by atoms with E-state index in [9.17, 15) is 0 Å². The number of methoxy groups -OCH3 is 2. The molecular formula is C24H21N5O2. The summed E-state index contributed by atoms with van der Waals surface area (Å²) in [6, 6.07) is 24.4. The lowest BCUT2D eigenvalue weighted by Gasteiger charge is -2.24. The molecule has 0 unspecified atom stereocenters. The molecule has 1 aromatic heterocycles. The van der Waals surface area contributed by atoms with Crippen LogP contribution in [0.4, 0.5) is 5.95 Å². The van der Waals surface area contributed by atoms with Crippen molar-refractivity contribution in [1.29, 1.82) is 0 Å². The molecule has 0 saturated heterocycles. The Balaban J connectivity index is 1.52. The van der Waals surface area contributed by atoms with Gasteiger partial charge >= 0.3 is 0 Å². The molecule has 0 saturated carbocycles. The molecule has 0 aliphatic carbocycles. The summed E-state index contributed by atoms with van der Waals surface area (Å²) in [4.78, 5) is 0. The van der Waals surface area contributed by atoms with E-state index >= 15 is 0 Å². The average molecular weight is 411 g/mol. The topological polar surface area (TPSA) is 74.1 Å². The number of fused-ring (bicyclic) bond motifs is 1. The second-order valence-corrected chi connectivity index (χ2v) is 7.16. The molecule has 3 aromatic carbocycles. The number of ether oxygens (including phenoxy) is 2. The van der Waals surface area contributed by atoms with Gasteiger partial charge < -0.3 is 14.8 Å². The third-order valence-corrected chi connectivity index (χ3v) is 5.38. The summed E-state index contributed by atoms with van der Waals surface area (Å²) in [5.41, 5.74) is 5.35. The van der Waals surface area contributed by atoms with Crippen molar-refractivity contribution in [1.82, 2.24) is 20.2 Å². The van der Waals surface area contributed by atoms with Crippen LogP contribution in [-0.2, 0) is 0 Å². The van der Waals surface area contributed by atoms with Gasteiger partial charge in [0.1, 0.15) is 6.04 Å². The molecule has 0 radical (unpaired) electrons. The minimum atomic E-state index is -0.185. The van der Waals surface area contributed by atoms with Crippen LogP contribution in [0, 0.1) is 0 Å². The number of rotatable bonds is 5. The van der Waals surface area contributed by atoms with Crippen LogP contribution in [0.5, 0.6) is 11.5 Å². The summed E-state index contributed by atoms with van der Waals surface area (Å²) < 4.78 is 12.6. The van der Waals surface area contributed by atoms with Crippen molar-refractivity contribution < 1.29 is 9.47 Å². The summed E-state index contributed by atoms with van der Waals surface area (Å²) in [6.45, 7) is 0. The lowest BCUT2D eigenvalue weighted by molar-refractivity contribution is 0.354. The highest BCUT2D eigenvalue weighted by molar-refractivity contribution is 5.78. The molecule has 1 aliphatic heterocycles.